The number of aryl methyl sites for hydroxylation is 3. The molecule has 0 bridgehead atoms. The minimum absolute atomic E-state index is 0.472. The fourth-order valence-electron chi connectivity index (χ4n) is 3.74. The average Bonchev–Trinajstić information content (AvgIpc) is 2.78. The standard InChI is InChI=1S/C27H29ClN4O/c1-18-10-9-14-24(32-20(3)25-17-22(28)16-19(2)31-25)26(18)27(29)23-13-6-5-11-21(23)12-7-8-15-30-33-4/h5-6,9-11,13-17,29,32H,3,7-8,12H2,1-2,4H3/b29-27?,30-15+. The number of hydrogen-bond donors (Lipinski definition) is 2. The lowest BCUT2D eigenvalue weighted by molar-refractivity contribution is 0.214. The first-order chi connectivity index (χ1) is 15.9. The Morgan fingerprint density at radius 2 is 1.97 bits per heavy atom. The first-order valence-corrected chi connectivity index (χ1v) is 11.2. The topological polar surface area (TPSA) is 70.4 Å². The molecule has 0 unspecified atom stereocenters. The molecule has 0 atom stereocenters. The second-order valence-electron chi connectivity index (χ2n) is 7.81. The number of benzene rings is 2. The maximum atomic E-state index is 9.10. The Morgan fingerprint density at radius 3 is 2.73 bits per heavy atom. The smallest absolute Gasteiger partial charge is 0.106 e. The maximum Gasteiger partial charge on any atom is 0.106 e. The van der Waals surface area contributed by atoms with E-state index in [1.54, 1.807) is 19.4 Å². The van der Waals surface area contributed by atoms with Crippen molar-refractivity contribution in [3.63, 3.8) is 0 Å². The van der Waals surface area contributed by atoms with E-state index >= 15 is 0 Å². The SMILES string of the molecule is C=C(Nc1cccc(C)c1C(=N)c1ccccc1CCC/C=N/OC)c1cc(Cl)cc(C)n1. The summed E-state index contributed by atoms with van der Waals surface area (Å²) >= 11 is 6.21. The van der Waals surface area contributed by atoms with Gasteiger partial charge in [0.1, 0.15) is 7.11 Å². The summed E-state index contributed by atoms with van der Waals surface area (Å²) in [6, 6.07) is 17.6. The summed E-state index contributed by atoms with van der Waals surface area (Å²) in [5.41, 5.74) is 7.31. The lowest BCUT2D eigenvalue weighted by Gasteiger charge is -2.18. The van der Waals surface area contributed by atoms with E-state index in [9.17, 15) is 0 Å². The zero-order valence-corrected chi connectivity index (χ0v) is 20.0. The molecule has 1 heterocycles. The van der Waals surface area contributed by atoms with Gasteiger partial charge in [0.25, 0.3) is 0 Å². The number of nitrogens with one attached hydrogen (secondary N) is 2. The molecule has 1 aromatic heterocycles. The van der Waals surface area contributed by atoms with Gasteiger partial charge in [0.05, 0.1) is 17.1 Å². The van der Waals surface area contributed by atoms with E-state index in [0.29, 0.717) is 22.1 Å². The van der Waals surface area contributed by atoms with Crippen LogP contribution in [0.2, 0.25) is 5.02 Å². The molecular formula is C27H29ClN4O. The van der Waals surface area contributed by atoms with Crippen LogP contribution in [0.5, 0.6) is 0 Å². The predicted octanol–water partition coefficient (Wildman–Crippen LogP) is 6.81. The Bertz CT molecular complexity index is 1170. The van der Waals surface area contributed by atoms with Crippen LogP contribution in [0.15, 0.2) is 66.3 Å². The Labute approximate surface area is 200 Å². The van der Waals surface area contributed by atoms with Crippen molar-refractivity contribution in [2.45, 2.75) is 33.1 Å². The van der Waals surface area contributed by atoms with Gasteiger partial charge in [0, 0.05) is 33.7 Å². The molecule has 2 aromatic carbocycles. The van der Waals surface area contributed by atoms with Crippen LogP contribution in [-0.2, 0) is 11.3 Å². The molecule has 33 heavy (non-hydrogen) atoms. The van der Waals surface area contributed by atoms with Gasteiger partial charge in [-0.2, -0.15) is 0 Å². The quantitative estimate of drug-likeness (QED) is 0.198. The van der Waals surface area contributed by atoms with Gasteiger partial charge in [-0.3, -0.25) is 10.4 Å². The largest absolute Gasteiger partial charge is 0.399 e. The number of hydrogen-bond acceptors (Lipinski definition) is 5. The summed E-state index contributed by atoms with van der Waals surface area (Å²) in [5.74, 6) is 0. The summed E-state index contributed by atoms with van der Waals surface area (Å²) in [4.78, 5) is 9.26. The summed E-state index contributed by atoms with van der Waals surface area (Å²) in [7, 11) is 1.54. The monoisotopic (exact) mass is 460 g/mol. The molecule has 0 saturated carbocycles. The number of unbranched alkanes of at least 4 members (excludes halogenated alkanes) is 1. The van der Waals surface area contributed by atoms with Crippen molar-refractivity contribution in [2.24, 2.45) is 5.16 Å². The molecule has 3 rings (SSSR count). The summed E-state index contributed by atoms with van der Waals surface area (Å²) < 4.78 is 0. The van der Waals surface area contributed by atoms with Crippen molar-refractivity contribution in [3.05, 3.63) is 99.8 Å². The number of rotatable bonds is 10. The third-order valence-electron chi connectivity index (χ3n) is 5.28. The van der Waals surface area contributed by atoms with Gasteiger partial charge in [-0.15, -0.1) is 0 Å². The normalized spacial score (nSPS) is 10.9. The first-order valence-electron chi connectivity index (χ1n) is 10.8. The Kier molecular flexibility index (Phi) is 8.39. The van der Waals surface area contributed by atoms with Crippen LogP contribution in [-0.4, -0.2) is 24.0 Å². The molecule has 3 aromatic rings. The Balaban J connectivity index is 1.89. The van der Waals surface area contributed by atoms with Gasteiger partial charge in [-0.05, 0) is 62.4 Å². The number of oxime groups is 1. The van der Waals surface area contributed by atoms with E-state index in [2.05, 4.69) is 28.1 Å². The molecule has 0 saturated heterocycles. The Morgan fingerprint density at radius 1 is 1.18 bits per heavy atom. The third kappa shape index (κ3) is 6.30. The molecule has 170 valence electrons. The highest BCUT2D eigenvalue weighted by molar-refractivity contribution is 6.30. The fraction of sp³-hybridized carbons (Fsp3) is 0.222. The molecule has 0 aliphatic rings. The second-order valence-corrected chi connectivity index (χ2v) is 8.24. The number of aromatic nitrogens is 1. The van der Waals surface area contributed by atoms with E-state index in [-0.39, 0.29) is 0 Å². The van der Waals surface area contributed by atoms with Crippen LogP contribution in [0.3, 0.4) is 0 Å². The highest BCUT2D eigenvalue weighted by Crippen LogP contribution is 2.28. The minimum Gasteiger partial charge on any atom is -0.399 e. The number of halogens is 1. The fourth-order valence-corrected chi connectivity index (χ4v) is 4.00. The number of anilines is 1. The van der Waals surface area contributed by atoms with Crippen molar-refractivity contribution in [3.8, 4) is 0 Å². The van der Waals surface area contributed by atoms with Gasteiger partial charge in [-0.1, -0.05) is 59.7 Å². The number of pyridine rings is 1. The lowest BCUT2D eigenvalue weighted by Crippen LogP contribution is -2.12. The molecule has 5 nitrogen and oxygen atoms in total. The van der Waals surface area contributed by atoms with Gasteiger partial charge >= 0.3 is 0 Å². The van der Waals surface area contributed by atoms with E-state index in [4.69, 9.17) is 21.8 Å². The van der Waals surface area contributed by atoms with Crippen molar-refractivity contribution in [1.82, 2.24) is 4.98 Å². The van der Waals surface area contributed by atoms with Gasteiger partial charge < -0.3 is 10.2 Å². The summed E-state index contributed by atoms with van der Waals surface area (Å²) in [6.07, 6.45) is 4.36. The molecule has 6 heteroatoms. The Hall–Kier alpha value is -3.44. The van der Waals surface area contributed by atoms with E-state index in [1.807, 2.05) is 56.3 Å². The maximum absolute atomic E-state index is 9.10. The highest BCUT2D eigenvalue weighted by Gasteiger charge is 2.17. The van der Waals surface area contributed by atoms with Crippen molar-refractivity contribution < 1.29 is 4.84 Å². The molecule has 2 N–H and O–H groups in total. The average molecular weight is 461 g/mol. The lowest BCUT2D eigenvalue weighted by atomic mass is 9.91. The molecule has 0 spiro atoms. The molecule has 0 fully saturated rings. The zero-order valence-electron chi connectivity index (χ0n) is 19.3. The molecule has 0 radical (unpaired) electrons. The molecule has 0 aliphatic carbocycles. The van der Waals surface area contributed by atoms with Gasteiger partial charge in [-0.25, -0.2) is 0 Å². The van der Waals surface area contributed by atoms with Gasteiger partial charge in [0.15, 0.2) is 0 Å². The minimum atomic E-state index is 0.472. The van der Waals surface area contributed by atoms with Crippen molar-refractivity contribution in [1.29, 1.82) is 5.41 Å². The van der Waals surface area contributed by atoms with Crippen LogP contribution in [0.4, 0.5) is 5.69 Å². The second kappa shape index (κ2) is 11.4. The summed E-state index contributed by atoms with van der Waals surface area (Å²) in [5, 5.41) is 16.9. The van der Waals surface area contributed by atoms with Crippen molar-refractivity contribution >= 4 is 34.9 Å². The van der Waals surface area contributed by atoms with Crippen LogP contribution in [0.1, 0.15) is 46.5 Å². The zero-order chi connectivity index (χ0) is 23.8. The molecular weight excluding hydrogens is 432 g/mol. The van der Waals surface area contributed by atoms with E-state index < -0.39 is 0 Å². The molecule has 0 amide bonds. The van der Waals surface area contributed by atoms with Crippen LogP contribution < -0.4 is 5.32 Å². The van der Waals surface area contributed by atoms with Crippen LogP contribution in [0, 0.1) is 19.3 Å². The van der Waals surface area contributed by atoms with E-state index in [0.717, 1.165) is 52.9 Å². The third-order valence-corrected chi connectivity index (χ3v) is 5.50. The summed E-state index contributed by atoms with van der Waals surface area (Å²) in [6.45, 7) is 8.08. The van der Waals surface area contributed by atoms with Crippen molar-refractivity contribution in [2.75, 3.05) is 12.4 Å². The highest BCUT2D eigenvalue weighted by atomic mass is 35.5. The predicted molar refractivity (Wildman–Crippen MR) is 139 cm³/mol. The first kappa shape index (κ1) is 24.2. The van der Waals surface area contributed by atoms with Crippen LogP contribution in [0.25, 0.3) is 5.70 Å². The molecule has 0 aliphatic heterocycles. The number of nitrogens with zero attached hydrogens (tertiary/aromatic N) is 2. The van der Waals surface area contributed by atoms with E-state index in [1.165, 1.54) is 0 Å². The van der Waals surface area contributed by atoms with Gasteiger partial charge in [0.2, 0.25) is 0 Å². The van der Waals surface area contributed by atoms with Crippen LogP contribution >= 0.6 is 11.6 Å².